The highest BCUT2D eigenvalue weighted by Gasteiger charge is 2.42. The largest absolute Gasteiger partial charge is 0.483 e. The molecule has 0 radical (unpaired) electrons. The maximum atomic E-state index is 12.4. The normalized spacial score (nSPS) is 23.5. The molecule has 2 N–H and O–H groups in total. The molecule has 2 aliphatic carbocycles. The van der Waals surface area contributed by atoms with E-state index < -0.39 is 0 Å². The maximum absolute atomic E-state index is 12.4. The summed E-state index contributed by atoms with van der Waals surface area (Å²) >= 11 is 0. The van der Waals surface area contributed by atoms with E-state index in [0.717, 1.165) is 18.3 Å². The zero-order chi connectivity index (χ0) is 21.0. The minimum absolute atomic E-state index is 0.0929. The van der Waals surface area contributed by atoms with Gasteiger partial charge in [0.2, 0.25) is 5.91 Å². The SMILES string of the molecule is CCCC(=O)Nc1ccc(OCC(=O)NC(C)C2CC3CCC2C3)c(C(C)=O)c1. The Hall–Kier alpha value is -2.37. The molecular weight excluding hydrogens is 368 g/mol. The summed E-state index contributed by atoms with van der Waals surface area (Å²) in [5, 5.41) is 5.85. The summed E-state index contributed by atoms with van der Waals surface area (Å²) in [6.07, 6.45) is 6.33. The van der Waals surface area contributed by atoms with Crippen LogP contribution in [0, 0.1) is 17.8 Å². The van der Waals surface area contributed by atoms with E-state index in [4.69, 9.17) is 4.74 Å². The Morgan fingerprint density at radius 3 is 2.59 bits per heavy atom. The molecule has 3 rings (SSSR count). The predicted octanol–water partition coefficient (Wildman–Crippen LogP) is 3.95. The van der Waals surface area contributed by atoms with Gasteiger partial charge in [-0.2, -0.15) is 0 Å². The number of hydrogen-bond acceptors (Lipinski definition) is 4. The molecule has 2 amide bonds. The zero-order valence-corrected chi connectivity index (χ0v) is 17.6. The summed E-state index contributed by atoms with van der Waals surface area (Å²) in [4.78, 5) is 36.2. The second-order valence-corrected chi connectivity index (χ2v) is 8.55. The molecule has 0 spiro atoms. The Kier molecular flexibility index (Phi) is 6.93. The Balaban J connectivity index is 1.55. The van der Waals surface area contributed by atoms with Crippen molar-refractivity contribution in [2.75, 3.05) is 11.9 Å². The van der Waals surface area contributed by atoms with Crippen LogP contribution in [0.1, 0.15) is 69.7 Å². The zero-order valence-electron chi connectivity index (χ0n) is 17.6. The van der Waals surface area contributed by atoms with Crippen molar-refractivity contribution in [3.05, 3.63) is 23.8 Å². The molecule has 0 saturated heterocycles. The van der Waals surface area contributed by atoms with E-state index >= 15 is 0 Å². The molecule has 2 fully saturated rings. The van der Waals surface area contributed by atoms with Crippen LogP contribution in [-0.4, -0.2) is 30.2 Å². The van der Waals surface area contributed by atoms with Gasteiger partial charge in [0.25, 0.3) is 5.91 Å². The van der Waals surface area contributed by atoms with E-state index in [1.165, 1.54) is 32.6 Å². The third kappa shape index (κ3) is 5.37. The van der Waals surface area contributed by atoms with Gasteiger partial charge in [0.05, 0.1) is 5.56 Å². The fourth-order valence-corrected chi connectivity index (χ4v) is 4.91. The molecule has 0 aromatic heterocycles. The molecule has 6 nitrogen and oxygen atoms in total. The van der Waals surface area contributed by atoms with Crippen molar-refractivity contribution in [2.45, 2.75) is 65.3 Å². The number of anilines is 1. The van der Waals surface area contributed by atoms with E-state index in [0.29, 0.717) is 29.3 Å². The molecule has 4 atom stereocenters. The molecule has 2 aliphatic rings. The van der Waals surface area contributed by atoms with Gasteiger partial charge in [-0.1, -0.05) is 13.3 Å². The molecule has 1 aromatic carbocycles. The van der Waals surface area contributed by atoms with Gasteiger partial charge in [-0.05, 0) is 75.5 Å². The monoisotopic (exact) mass is 400 g/mol. The van der Waals surface area contributed by atoms with Crippen LogP contribution in [0.5, 0.6) is 5.75 Å². The van der Waals surface area contributed by atoms with E-state index in [-0.39, 0.29) is 30.2 Å². The number of rotatable bonds is 9. The average Bonchev–Trinajstić information content (AvgIpc) is 3.30. The van der Waals surface area contributed by atoms with Gasteiger partial charge in [-0.15, -0.1) is 0 Å². The lowest BCUT2D eigenvalue weighted by Gasteiger charge is -2.28. The second kappa shape index (κ2) is 9.42. The predicted molar refractivity (Wildman–Crippen MR) is 112 cm³/mol. The minimum atomic E-state index is -0.178. The van der Waals surface area contributed by atoms with Crippen LogP contribution in [0.25, 0.3) is 0 Å². The van der Waals surface area contributed by atoms with Gasteiger partial charge in [0, 0.05) is 18.2 Å². The Morgan fingerprint density at radius 2 is 1.97 bits per heavy atom. The van der Waals surface area contributed by atoms with Crippen LogP contribution in [0.4, 0.5) is 5.69 Å². The molecule has 1 aromatic rings. The molecule has 0 heterocycles. The van der Waals surface area contributed by atoms with Gasteiger partial charge in [-0.25, -0.2) is 0 Å². The first kappa shape index (κ1) is 21.3. The number of fused-ring (bicyclic) bond motifs is 2. The Bertz CT molecular complexity index is 776. The second-order valence-electron chi connectivity index (χ2n) is 8.55. The van der Waals surface area contributed by atoms with Crippen molar-refractivity contribution in [1.82, 2.24) is 5.32 Å². The fourth-order valence-electron chi connectivity index (χ4n) is 4.91. The van der Waals surface area contributed by atoms with Gasteiger partial charge in [0.1, 0.15) is 5.75 Å². The number of hydrogen-bond donors (Lipinski definition) is 2. The number of carbonyl (C=O) groups is 3. The van der Waals surface area contributed by atoms with Crippen molar-refractivity contribution in [1.29, 1.82) is 0 Å². The van der Waals surface area contributed by atoms with Crippen molar-refractivity contribution in [2.24, 2.45) is 17.8 Å². The summed E-state index contributed by atoms with van der Waals surface area (Å²) in [6.45, 7) is 5.32. The van der Waals surface area contributed by atoms with Gasteiger partial charge in [-0.3, -0.25) is 14.4 Å². The summed E-state index contributed by atoms with van der Waals surface area (Å²) in [5.41, 5.74) is 0.906. The standard InChI is InChI=1S/C23H32N2O4/c1-4-5-22(27)25-18-8-9-21(20(12-18)15(3)26)29-13-23(28)24-14(2)19-11-16-6-7-17(19)10-16/h8-9,12,14,16-17,19H,4-7,10-11,13H2,1-3H3,(H,24,28)(H,25,27). The maximum Gasteiger partial charge on any atom is 0.258 e. The summed E-state index contributed by atoms with van der Waals surface area (Å²) in [5.74, 6) is 2.07. The third-order valence-electron chi connectivity index (χ3n) is 6.30. The molecule has 0 aliphatic heterocycles. The van der Waals surface area contributed by atoms with Gasteiger partial charge in [0.15, 0.2) is 12.4 Å². The Labute approximate surface area is 172 Å². The van der Waals surface area contributed by atoms with Crippen LogP contribution in [-0.2, 0) is 9.59 Å². The number of amides is 2. The van der Waals surface area contributed by atoms with Gasteiger partial charge >= 0.3 is 0 Å². The molecule has 2 bridgehead atoms. The Morgan fingerprint density at radius 1 is 1.17 bits per heavy atom. The molecule has 6 heteroatoms. The van der Waals surface area contributed by atoms with Crippen LogP contribution < -0.4 is 15.4 Å². The molecule has 158 valence electrons. The highest BCUT2D eigenvalue weighted by Crippen LogP contribution is 2.49. The smallest absolute Gasteiger partial charge is 0.258 e. The topological polar surface area (TPSA) is 84.5 Å². The summed E-state index contributed by atoms with van der Waals surface area (Å²) in [6, 6.07) is 5.06. The molecule has 2 saturated carbocycles. The van der Waals surface area contributed by atoms with Crippen LogP contribution in [0.3, 0.4) is 0 Å². The number of Topliss-reactive ketones (excluding diaryl/α,β-unsaturated/α-hetero) is 1. The third-order valence-corrected chi connectivity index (χ3v) is 6.30. The van der Waals surface area contributed by atoms with E-state index in [9.17, 15) is 14.4 Å². The van der Waals surface area contributed by atoms with Gasteiger partial charge < -0.3 is 15.4 Å². The highest BCUT2D eigenvalue weighted by molar-refractivity contribution is 5.99. The first-order chi connectivity index (χ1) is 13.9. The molecule has 4 unspecified atom stereocenters. The summed E-state index contributed by atoms with van der Waals surface area (Å²) < 4.78 is 5.65. The van der Waals surface area contributed by atoms with E-state index in [1.807, 2.05) is 6.92 Å². The van der Waals surface area contributed by atoms with E-state index in [1.54, 1.807) is 18.2 Å². The number of ether oxygens (including phenoxy) is 1. The van der Waals surface area contributed by atoms with Crippen molar-refractivity contribution < 1.29 is 19.1 Å². The van der Waals surface area contributed by atoms with E-state index in [2.05, 4.69) is 17.6 Å². The lowest BCUT2D eigenvalue weighted by atomic mass is 9.84. The lowest BCUT2D eigenvalue weighted by Crippen LogP contribution is -2.42. The highest BCUT2D eigenvalue weighted by atomic mass is 16.5. The van der Waals surface area contributed by atoms with Crippen molar-refractivity contribution in [3.63, 3.8) is 0 Å². The first-order valence-electron chi connectivity index (χ1n) is 10.7. The number of carbonyl (C=O) groups excluding carboxylic acids is 3. The van der Waals surface area contributed by atoms with Crippen LogP contribution in [0.15, 0.2) is 18.2 Å². The number of benzene rings is 1. The molecular formula is C23H32N2O4. The van der Waals surface area contributed by atoms with Crippen LogP contribution in [0.2, 0.25) is 0 Å². The average molecular weight is 401 g/mol. The van der Waals surface area contributed by atoms with Crippen molar-refractivity contribution >= 4 is 23.3 Å². The number of nitrogens with one attached hydrogen (secondary N) is 2. The minimum Gasteiger partial charge on any atom is -0.483 e. The fraction of sp³-hybridized carbons (Fsp3) is 0.609. The number of ketones is 1. The van der Waals surface area contributed by atoms with Crippen LogP contribution >= 0.6 is 0 Å². The van der Waals surface area contributed by atoms with Crippen molar-refractivity contribution in [3.8, 4) is 5.75 Å². The first-order valence-corrected chi connectivity index (χ1v) is 10.7. The quantitative estimate of drug-likeness (QED) is 0.615. The lowest BCUT2D eigenvalue weighted by molar-refractivity contribution is -0.124. The molecule has 29 heavy (non-hydrogen) atoms. The summed E-state index contributed by atoms with van der Waals surface area (Å²) in [7, 11) is 0.